The molecule has 140 valence electrons. The second kappa shape index (κ2) is 7.30. The van der Waals surface area contributed by atoms with Crippen molar-refractivity contribution in [3.8, 4) is 0 Å². The predicted octanol–water partition coefficient (Wildman–Crippen LogP) is 2.57. The number of hydrogen-bond donors (Lipinski definition) is 2. The minimum Gasteiger partial charge on any atom is -0.381 e. The molecule has 8 heteroatoms. The number of thiazole rings is 1. The first-order chi connectivity index (χ1) is 12.2. The van der Waals surface area contributed by atoms with Gasteiger partial charge in [-0.1, -0.05) is 0 Å². The number of nitrogens with one attached hydrogen (secondary N) is 1. The van der Waals surface area contributed by atoms with Gasteiger partial charge in [-0.15, -0.1) is 11.3 Å². The summed E-state index contributed by atoms with van der Waals surface area (Å²) in [5.74, 6) is -0.296. The zero-order valence-electron chi connectivity index (χ0n) is 15.4. The van der Waals surface area contributed by atoms with Crippen molar-refractivity contribution < 1.29 is 14.6 Å². The van der Waals surface area contributed by atoms with Crippen molar-refractivity contribution in [1.82, 2.24) is 14.9 Å². The van der Waals surface area contributed by atoms with Gasteiger partial charge < -0.3 is 20.1 Å². The van der Waals surface area contributed by atoms with Crippen LogP contribution in [-0.4, -0.2) is 51.2 Å². The lowest BCUT2D eigenvalue weighted by Gasteiger charge is -2.35. The molecule has 1 aliphatic rings. The van der Waals surface area contributed by atoms with E-state index in [0.717, 1.165) is 27.9 Å². The van der Waals surface area contributed by atoms with E-state index < -0.39 is 5.60 Å². The topological polar surface area (TPSA) is 87.6 Å². The maximum atomic E-state index is 12.4. The van der Waals surface area contributed by atoms with Gasteiger partial charge in [-0.05, 0) is 39.8 Å². The number of nitrogens with zero attached hydrogens (tertiary/aromatic N) is 3. The normalized spacial score (nSPS) is 18.0. The highest BCUT2D eigenvalue weighted by Gasteiger charge is 2.34. The molecule has 2 aromatic heterocycles. The van der Waals surface area contributed by atoms with Crippen LogP contribution in [0.4, 0.5) is 10.8 Å². The molecule has 2 N–H and O–H groups in total. The number of aromatic nitrogens is 2. The Balaban J connectivity index is 1.78. The Morgan fingerprint density at radius 1 is 1.35 bits per heavy atom. The number of rotatable bonds is 4. The molecule has 2 aromatic rings. The molecule has 1 aliphatic heterocycles. The minimum absolute atomic E-state index is 0.296. The minimum atomic E-state index is -1.39. The number of morpholine rings is 1. The Kier molecular flexibility index (Phi) is 5.27. The van der Waals surface area contributed by atoms with Gasteiger partial charge in [0.1, 0.15) is 11.7 Å². The van der Waals surface area contributed by atoms with E-state index in [1.165, 1.54) is 13.8 Å². The maximum absolute atomic E-state index is 12.4. The summed E-state index contributed by atoms with van der Waals surface area (Å²) in [6.45, 7) is 8.13. The monoisotopic (exact) mass is 376 g/mol. The Hall–Kier alpha value is -2.03. The second-order valence-corrected chi connectivity index (χ2v) is 7.87. The first-order valence-corrected chi connectivity index (χ1v) is 9.41. The number of amides is 1. The van der Waals surface area contributed by atoms with Crippen molar-refractivity contribution >= 4 is 28.1 Å². The van der Waals surface area contributed by atoms with Gasteiger partial charge >= 0.3 is 0 Å². The lowest BCUT2D eigenvalue weighted by molar-refractivity contribution is -0.155. The first-order valence-electron chi connectivity index (χ1n) is 8.53. The fourth-order valence-corrected chi connectivity index (χ4v) is 3.57. The smallest absolute Gasteiger partial charge is 0.254 e. The van der Waals surface area contributed by atoms with Gasteiger partial charge in [0.2, 0.25) is 0 Å². The summed E-state index contributed by atoms with van der Waals surface area (Å²) in [5, 5.41) is 16.1. The van der Waals surface area contributed by atoms with Crippen LogP contribution in [0.3, 0.4) is 0 Å². The third-order valence-electron chi connectivity index (χ3n) is 4.05. The van der Waals surface area contributed by atoms with E-state index in [1.54, 1.807) is 16.2 Å². The van der Waals surface area contributed by atoms with E-state index in [9.17, 15) is 9.90 Å². The predicted molar refractivity (Wildman–Crippen MR) is 101 cm³/mol. The van der Waals surface area contributed by atoms with Crippen LogP contribution in [0.5, 0.6) is 0 Å². The molecule has 3 heterocycles. The first kappa shape index (κ1) is 18.8. The summed E-state index contributed by atoms with van der Waals surface area (Å²) in [5.41, 5.74) is 2.08. The highest BCUT2D eigenvalue weighted by molar-refractivity contribution is 7.13. The van der Waals surface area contributed by atoms with E-state index >= 15 is 0 Å². The Labute approximate surface area is 157 Å². The highest BCUT2D eigenvalue weighted by Crippen LogP contribution is 2.27. The van der Waals surface area contributed by atoms with Gasteiger partial charge in [-0.2, -0.15) is 0 Å². The molecular weight excluding hydrogens is 352 g/mol. The summed E-state index contributed by atoms with van der Waals surface area (Å²) >= 11 is 1.54. The number of carbonyl (C=O) groups is 1. The van der Waals surface area contributed by atoms with Crippen molar-refractivity contribution in [3.63, 3.8) is 0 Å². The van der Waals surface area contributed by atoms with Crippen LogP contribution >= 0.6 is 11.3 Å². The van der Waals surface area contributed by atoms with Gasteiger partial charge in [0.15, 0.2) is 5.13 Å². The molecule has 3 rings (SSSR count). The van der Waals surface area contributed by atoms with E-state index in [1.807, 2.05) is 31.4 Å². The molecule has 0 aromatic carbocycles. The summed E-state index contributed by atoms with van der Waals surface area (Å²) in [6.07, 6.45) is -0.325. The van der Waals surface area contributed by atoms with Crippen molar-refractivity contribution in [3.05, 3.63) is 34.6 Å². The standard InChI is InChI=1S/C18H24N4O3S/c1-11-7-13(21-17-20-12(2)10-26-17)8-14(19-11)15-9-22(5-6-25-15)16(23)18(3,4)24/h7-8,10,15,24H,5-6,9H2,1-4H3,(H,19,20,21)/t15-/m1/s1. The maximum Gasteiger partial charge on any atom is 0.254 e. The van der Waals surface area contributed by atoms with Crippen LogP contribution < -0.4 is 5.32 Å². The van der Waals surface area contributed by atoms with Gasteiger partial charge in [-0.3, -0.25) is 9.78 Å². The number of anilines is 2. The number of hydrogen-bond acceptors (Lipinski definition) is 7. The summed E-state index contributed by atoms with van der Waals surface area (Å²) in [7, 11) is 0. The van der Waals surface area contributed by atoms with Crippen molar-refractivity contribution in [2.24, 2.45) is 0 Å². The van der Waals surface area contributed by atoms with E-state index in [2.05, 4.69) is 15.3 Å². The van der Waals surface area contributed by atoms with Gasteiger partial charge in [0.25, 0.3) is 5.91 Å². The molecule has 1 fully saturated rings. The van der Waals surface area contributed by atoms with Gasteiger partial charge in [0, 0.05) is 23.3 Å². The van der Waals surface area contributed by atoms with E-state index in [-0.39, 0.29) is 12.0 Å². The van der Waals surface area contributed by atoms with Gasteiger partial charge in [0.05, 0.1) is 24.5 Å². The van der Waals surface area contributed by atoms with Crippen LogP contribution in [0, 0.1) is 13.8 Å². The number of aryl methyl sites for hydroxylation is 2. The molecule has 1 saturated heterocycles. The Bertz CT molecular complexity index is 800. The molecule has 0 aliphatic carbocycles. The molecule has 1 amide bonds. The number of carbonyl (C=O) groups excluding carboxylic acids is 1. The van der Waals surface area contributed by atoms with E-state index in [0.29, 0.717) is 19.7 Å². The molecule has 26 heavy (non-hydrogen) atoms. The van der Waals surface area contributed by atoms with Crippen LogP contribution in [0.25, 0.3) is 0 Å². The summed E-state index contributed by atoms with van der Waals surface area (Å²) in [6, 6.07) is 3.87. The lowest BCUT2D eigenvalue weighted by Crippen LogP contribution is -2.50. The van der Waals surface area contributed by atoms with Crippen LogP contribution in [0.15, 0.2) is 17.5 Å². The third-order valence-corrected chi connectivity index (χ3v) is 4.93. The largest absolute Gasteiger partial charge is 0.381 e. The number of ether oxygens (including phenoxy) is 1. The molecule has 1 atom stereocenters. The fraction of sp³-hybridized carbons (Fsp3) is 0.500. The van der Waals surface area contributed by atoms with Crippen molar-refractivity contribution in [2.45, 2.75) is 39.4 Å². The number of pyridine rings is 1. The molecule has 7 nitrogen and oxygen atoms in total. The molecule has 0 saturated carbocycles. The van der Waals surface area contributed by atoms with E-state index in [4.69, 9.17) is 4.74 Å². The fourth-order valence-electron chi connectivity index (χ4n) is 2.87. The highest BCUT2D eigenvalue weighted by atomic mass is 32.1. The Morgan fingerprint density at radius 3 is 2.77 bits per heavy atom. The molecule has 0 spiro atoms. The molecule has 0 bridgehead atoms. The van der Waals surface area contributed by atoms with Crippen molar-refractivity contribution in [1.29, 1.82) is 0 Å². The zero-order valence-corrected chi connectivity index (χ0v) is 16.3. The Morgan fingerprint density at radius 2 is 2.12 bits per heavy atom. The van der Waals surface area contributed by atoms with Crippen LogP contribution in [0.1, 0.15) is 37.0 Å². The summed E-state index contributed by atoms with van der Waals surface area (Å²) < 4.78 is 5.84. The average Bonchev–Trinajstić information content (AvgIpc) is 2.97. The van der Waals surface area contributed by atoms with Crippen LogP contribution in [-0.2, 0) is 9.53 Å². The molecular formula is C18H24N4O3S. The average molecular weight is 376 g/mol. The number of aliphatic hydroxyl groups is 1. The zero-order chi connectivity index (χ0) is 18.9. The molecule has 0 unspecified atom stereocenters. The second-order valence-electron chi connectivity index (χ2n) is 7.01. The lowest BCUT2D eigenvalue weighted by atomic mass is 10.1. The summed E-state index contributed by atoms with van der Waals surface area (Å²) in [4.78, 5) is 23.0. The third kappa shape index (κ3) is 4.38. The van der Waals surface area contributed by atoms with Crippen LogP contribution in [0.2, 0.25) is 0 Å². The van der Waals surface area contributed by atoms with Crippen molar-refractivity contribution in [2.75, 3.05) is 25.0 Å². The quantitative estimate of drug-likeness (QED) is 0.853. The molecule has 0 radical (unpaired) electrons. The SMILES string of the molecule is Cc1cc(Nc2nc(C)cs2)cc([C@H]2CN(C(=O)C(C)(C)O)CCO2)n1. The van der Waals surface area contributed by atoms with Gasteiger partial charge in [-0.25, -0.2) is 4.98 Å².